The molecule has 6 heteroatoms. The summed E-state index contributed by atoms with van der Waals surface area (Å²) in [6.07, 6.45) is 3.77. The summed E-state index contributed by atoms with van der Waals surface area (Å²) in [6.45, 7) is 11.6. The van der Waals surface area contributed by atoms with Gasteiger partial charge in [-0.15, -0.1) is 11.3 Å². The highest BCUT2D eigenvalue weighted by Gasteiger charge is 2.20. The molecule has 1 saturated heterocycles. The van der Waals surface area contributed by atoms with Gasteiger partial charge in [0.2, 0.25) is 0 Å². The maximum Gasteiger partial charge on any atom is 0.191 e. The first-order chi connectivity index (χ1) is 12.6. The van der Waals surface area contributed by atoms with Gasteiger partial charge in [0.05, 0.1) is 12.7 Å². The van der Waals surface area contributed by atoms with E-state index >= 15 is 0 Å². The Labute approximate surface area is 163 Å². The molecule has 1 aromatic heterocycles. The SMILES string of the molecule is CN=C(NCC(C)Cc1cccs1)NC1CCN(CCOC(C)C)CC1. The Balaban J connectivity index is 1.62. The van der Waals surface area contributed by atoms with Gasteiger partial charge >= 0.3 is 0 Å². The highest BCUT2D eigenvalue weighted by Crippen LogP contribution is 2.14. The topological polar surface area (TPSA) is 48.9 Å². The van der Waals surface area contributed by atoms with Crippen molar-refractivity contribution in [3.63, 3.8) is 0 Å². The second kappa shape index (κ2) is 11.6. The summed E-state index contributed by atoms with van der Waals surface area (Å²) >= 11 is 1.84. The van der Waals surface area contributed by atoms with E-state index in [1.807, 2.05) is 18.4 Å². The highest BCUT2D eigenvalue weighted by atomic mass is 32.1. The van der Waals surface area contributed by atoms with Gasteiger partial charge in [0.25, 0.3) is 0 Å². The first kappa shape index (κ1) is 21.2. The van der Waals surface area contributed by atoms with Crippen molar-refractivity contribution in [2.75, 3.05) is 39.8 Å². The van der Waals surface area contributed by atoms with Crippen LogP contribution < -0.4 is 10.6 Å². The lowest BCUT2D eigenvalue weighted by molar-refractivity contribution is 0.0532. The Morgan fingerprint density at radius 2 is 2.12 bits per heavy atom. The molecule has 0 aromatic carbocycles. The van der Waals surface area contributed by atoms with Crippen LogP contribution in [-0.2, 0) is 11.2 Å². The molecule has 1 aliphatic rings. The van der Waals surface area contributed by atoms with Crippen LogP contribution in [0.3, 0.4) is 0 Å². The van der Waals surface area contributed by atoms with Crippen molar-refractivity contribution in [2.24, 2.45) is 10.9 Å². The third-order valence-electron chi connectivity index (χ3n) is 4.76. The predicted molar refractivity (Wildman–Crippen MR) is 112 cm³/mol. The molecule has 0 radical (unpaired) electrons. The molecule has 0 bridgehead atoms. The van der Waals surface area contributed by atoms with Gasteiger partial charge in [0, 0.05) is 44.1 Å². The van der Waals surface area contributed by atoms with Gasteiger partial charge in [0.1, 0.15) is 0 Å². The fraction of sp³-hybridized carbons (Fsp3) is 0.750. The average Bonchev–Trinajstić information content (AvgIpc) is 3.12. The number of nitrogens with one attached hydrogen (secondary N) is 2. The van der Waals surface area contributed by atoms with E-state index in [4.69, 9.17) is 4.74 Å². The fourth-order valence-electron chi connectivity index (χ4n) is 3.22. The van der Waals surface area contributed by atoms with Crippen LogP contribution in [0.5, 0.6) is 0 Å². The Morgan fingerprint density at radius 3 is 2.73 bits per heavy atom. The molecule has 26 heavy (non-hydrogen) atoms. The molecule has 148 valence electrons. The van der Waals surface area contributed by atoms with Crippen LogP contribution in [0, 0.1) is 5.92 Å². The van der Waals surface area contributed by atoms with Gasteiger partial charge in [-0.3, -0.25) is 4.99 Å². The van der Waals surface area contributed by atoms with Crippen LogP contribution in [0.4, 0.5) is 0 Å². The molecule has 1 unspecified atom stereocenters. The predicted octanol–water partition coefficient (Wildman–Crippen LogP) is 2.98. The summed E-state index contributed by atoms with van der Waals surface area (Å²) in [6, 6.07) is 4.85. The van der Waals surface area contributed by atoms with Crippen LogP contribution in [0.15, 0.2) is 22.5 Å². The maximum atomic E-state index is 5.66. The summed E-state index contributed by atoms with van der Waals surface area (Å²) in [5.74, 6) is 1.53. The van der Waals surface area contributed by atoms with Crippen molar-refractivity contribution in [1.82, 2.24) is 15.5 Å². The summed E-state index contributed by atoms with van der Waals surface area (Å²) in [5, 5.41) is 9.25. The van der Waals surface area contributed by atoms with Gasteiger partial charge in [0.15, 0.2) is 5.96 Å². The highest BCUT2D eigenvalue weighted by molar-refractivity contribution is 7.09. The number of aliphatic imine (C=N–C) groups is 1. The van der Waals surface area contributed by atoms with E-state index in [9.17, 15) is 0 Å². The molecule has 0 aliphatic carbocycles. The molecule has 2 heterocycles. The molecule has 2 N–H and O–H groups in total. The number of ether oxygens (including phenoxy) is 1. The standard InChI is InChI=1S/C20H36N4OS/c1-16(2)25-12-11-24-9-7-18(8-10-24)23-20(21-4)22-15-17(3)14-19-6-5-13-26-19/h5-6,13,16-18H,7-12,14-15H2,1-4H3,(H2,21,22,23). The molecule has 1 aromatic rings. The van der Waals surface area contributed by atoms with E-state index in [-0.39, 0.29) is 0 Å². The monoisotopic (exact) mass is 380 g/mol. The molecular formula is C20H36N4OS. The summed E-state index contributed by atoms with van der Waals surface area (Å²) in [7, 11) is 1.86. The lowest BCUT2D eigenvalue weighted by Crippen LogP contribution is -2.49. The quantitative estimate of drug-likeness (QED) is 0.511. The van der Waals surface area contributed by atoms with E-state index in [0.717, 1.165) is 58.0 Å². The first-order valence-corrected chi connectivity index (χ1v) is 10.8. The van der Waals surface area contributed by atoms with Crippen molar-refractivity contribution in [3.8, 4) is 0 Å². The number of piperidine rings is 1. The third kappa shape index (κ3) is 8.06. The molecule has 5 nitrogen and oxygen atoms in total. The maximum absolute atomic E-state index is 5.66. The minimum Gasteiger partial charge on any atom is -0.377 e. The smallest absolute Gasteiger partial charge is 0.191 e. The van der Waals surface area contributed by atoms with E-state index in [2.05, 4.69) is 58.8 Å². The van der Waals surface area contributed by atoms with E-state index in [0.29, 0.717) is 18.1 Å². The van der Waals surface area contributed by atoms with Crippen molar-refractivity contribution >= 4 is 17.3 Å². The first-order valence-electron chi connectivity index (χ1n) is 9.90. The minimum absolute atomic E-state index is 0.325. The minimum atomic E-state index is 0.325. The number of guanidine groups is 1. The summed E-state index contributed by atoms with van der Waals surface area (Å²) in [5.41, 5.74) is 0. The van der Waals surface area contributed by atoms with Crippen LogP contribution in [0.2, 0.25) is 0 Å². The molecular weight excluding hydrogens is 344 g/mol. The zero-order chi connectivity index (χ0) is 18.8. The van der Waals surface area contributed by atoms with Gasteiger partial charge in [-0.25, -0.2) is 0 Å². The number of nitrogens with zero attached hydrogens (tertiary/aromatic N) is 2. The number of hydrogen-bond donors (Lipinski definition) is 2. The normalized spacial score (nSPS) is 18.3. The molecule has 0 spiro atoms. The fourth-order valence-corrected chi connectivity index (χ4v) is 4.09. The van der Waals surface area contributed by atoms with Gasteiger partial charge < -0.3 is 20.3 Å². The number of likely N-dealkylation sites (tertiary alicyclic amines) is 1. The van der Waals surface area contributed by atoms with Crippen LogP contribution in [0.1, 0.15) is 38.5 Å². The summed E-state index contributed by atoms with van der Waals surface area (Å²) in [4.78, 5) is 8.36. The zero-order valence-corrected chi connectivity index (χ0v) is 17.6. The molecule has 2 rings (SSSR count). The summed E-state index contributed by atoms with van der Waals surface area (Å²) < 4.78 is 5.66. The molecule has 1 atom stereocenters. The third-order valence-corrected chi connectivity index (χ3v) is 5.66. The lowest BCUT2D eigenvalue weighted by atomic mass is 10.1. The van der Waals surface area contributed by atoms with Crippen molar-refractivity contribution in [3.05, 3.63) is 22.4 Å². The van der Waals surface area contributed by atoms with Gasteiger partial charge in [-0.05, 0) is 50.5 Å². The number of thiophene rings is 1. The second-order valence-electron chi connectivity index (χ2n) is 7.52. The van der Waals surface area contributed by atoms with Crippen molar-refractivity contribution < 1.29 is 4.74 Å². The lowest BCUT2D eigenvalue weighted by Gasteiger charge is -2.33. The van der Waals surface area contributed by atoms with Crippen LogP contribution in [-0.4, -0.2) is 62.8 Å². The average molecular weight is 381 g/mol. The van der Waals surface area contributed by atoms with Gasteiger partial charge in [-0.1, -0.05) is 13.0 Å². The molecule has 1 fully saturated rings. The Kier molecular flexibility index (Phi) is 9.43. The molecule has 0 amide bonds. The zero-order valence-electron chi connectivity index (χ0n) is 16.8. The Hall–Kier alpha value is -1.11. The van der Waals surface area contributed by atoms with Gasteiger partial charge in [-0.2, -0.15) is 0 Å². The second-order valence-corrected chi connectivity index (χ2v) is 8.55. The van der Waals surface area contributed by atoms with E-state index in [1.165, 1.54) is 4.88 Å². The van der Waals surface area contributed by atoms with Crippen LogP contribution >= 0.6 is 11.3 Å². The van der Waals surface area contributed by atoms with Crippen molar-refractivity contribution in [2.45, 2.75) is 52.2 Å². The van der Waals surface area contributed by atoms with Crippen molar-refractivity contribution in [1.29, 1.82) is 0 Å². The van der Waals surface area contributed by atoms with Crippen LogP contribution in [0.25, 0.3) is 0 Å². The van der Waals surface area contributed by atoms with E-state index < -0.39 is 0 Å². The Morgan fingerprint density at radius 1 is 1.35 bits per heavy atom. The molecule has 0 saturated carbocycles. The Bertz CT molecular complexity index is 510. The van der Waals surface area contributed by atoms with E-state index in [1.54, 1.807) is 0 Å². The largest absolute Gasteiger partial charge is 0.377 e. The molecule has 1 aliphatic heterocycles. The number of hydrogen-bond acceptors (Lipinski definition) is 4. The number of rotatable bonds is 9.